The number of rotatable bonds is 6. The van der Waals surface area contributed by atoms with Crippen molar-refractivity contribution in [1.29, 1.82) is 0 Å². The van der Waals surface area contributed by atoms with E-state index in [0.717, 1.165) is 5.56 Å². The molecule has 2 rings (SSSR count). The van der Waals surface area contributed by atoms with Crippen molar-refractivity contribution in [3.63, 3.8) is 0 Å². The van der Waals surface area contributed by atoms with E-state index in [1.807, 2.05) is 19.1 Å². The number of hydrogen-bond donors (Lipinski definition) is 0. The van der Waals surface area contributed by atoms with Gasteiger partial charge in [-0.25, -0.2) is 4.79 Å². The molecule has 0 spiro atoms. The van der Waals surface area contributed by atoms with Crippen LogP contribution in [-0.2, 0) is 4.74 Å². The monoisotopic (exact) mass is 328 g/mol. The van der Waals surface area contributed by atoms with Crippen LogP contribution in [0.1, 0.15) is 33.2 Å². The van der Waals surface area contributed by atoms with E-state index < -0.39 is 12.1 Å². The molecule has 126 valence electrons. The van der Waals surface area contributed by atoms with Crippen LogP contribution in [0, 0.1) is 6.92 Å². The first-order valence-electron chi connectivity index (χ1n) is 7.50. The lowest BCUT2D eigenvalue weighted by atomic mass is 10.1. The molecule has 0 bridgehead atoms. The highest BCUT2D eigenvalue weighted by Gasteiger charge is 2.21. The van der Waals surface area contributed by atoms with E-state index in [1.54, 1.807) is 31.2 Å². The van der Waals surface area contributed by atoms with E-state index >= 15 is 0 Å². The van der Waals surface area contributed by atoms with Crippen LogP contribution in [0.3, 0.4) is 0 Å². The number of methoxy groups -OCH3 is 2. The maximum absolute atomic E-state index is 12.3. The van der Waals surface area contributed by atoms with E-state index in [9.17, 15) is 9.59 Å². The summed E-state index contributed by atoms with van der Waals surface area (Å²) in [6, 6.07) is 11.8. The van der Waals surface area contributed by atoms with Crippen molar-refractivity contribution in [2.24, 2.45) is 0 Å². The zero-order valence-corrected chi connectivity index (χ0v) is 14.2. The van der Waals surface area contributed by atoms with Gasteiger partial charge in [0.1, 0.15) is 0 Å². The highest BCUT2D eigenvalue weighted by atomic mass is 16.5. The average Bonchev–Trinajstić information content (AvgIpc) is 2.60. The zero-order valence-electron chi connectivity index (χ0n) is 14.2. The van der Waals surface area contributed by atoms with Crippen molar-refractivity contribution in [2.45, 2.75) is 20.0 Å². The number of benzene rings is 2. The molecule has 0 saturated heterocycles. The molecule has 0 aliphatic rings. The number of carbonyl (C=O) groups excluding carboxylic acids is 2. The number of aryl methyl sites for hydroxylation is 1. The largest absolute Gasteiger partial charge is 0.493 e. The SMILES string of the molecule is COc1ccc(C(=O)O[C@H](C)C(=O)c2ccc(C)cc2)cc1OC. The molecule has 1 atom stereocenters. The fraction of sp³-hybridized carbons (Fsp3) is 0.263. The Bertz CT molecular complexity index is 734. The summed E-state index contributed by atoms with van der Waals surface area (Å²) in [5, 5.41) is 0. The predicted octanol–water partition coefficient (Wildman–Crippen LogP) is 3.44. The number of ether oxygens (including phenoxy) is 3. The second-order valence-corrected chi connectivity index (χ2v) is 5.35. The van der Waals surface area contributed by atoms with Gasteiger partial charge in [-0.1, -0.05) is 29.8 Å². The Morgan fingerprint density at radius 2 is 1.46 bits per heavy atom. The second-order valence-electron chi connectivity index (χ2n) is 5.35. The third-order valence-corrected chi connectivity index (χ3v) is 3.61. The van der Waals surface area contributed by atoms with Crippen LogP contribution >= 0.6 is 0 Å². The molecule has 0 unspecified atom stereocenters. The molecule has 2 aromatic carbocycles. The number of esters is 1. The van der Waals surface area contributed by atoms with Gasteiger partial charge in [0.2, 0.25) is 5.78 Å². The summed E-state index contributed by atoms with van der Waals surface area (Å²) < 4.78 is 15.6. The van der Waals surface area contributed by atoms with Gasteiger partial charge in [0, 0.05) is 5.56 Å². The number of carbonyl (C=O) groups is 2. The molecule has 2 aromatic rings. The summed E-state index contributed by atoms with van der Waals surface area (Å²) in [6.07, 6.45) is -0.881. The summed E-state index contributed by atoms with van der Waals surface area (Å²) >= 11 is 0. The Morgan fingerprint density at radius 1 is 0.875 bits per heavy atom. The molecule has 24 heavy (non-hydrogen) atoms. The molecule has 0 N–H and O–H groups in total. The number of hydrogen-bond acceptors (Lipinski definition) is 5. The van der Waals surface area contributed by atoms with Crippen molar-refractivity contribution in [2.75, 3.05) is 14.2 Å². The Morgan fingerprint density at radius 3 is 2.04 bits per heavy atom. The summed E-state index contributed by atoms with van der Waals surface area (Å²) in [5.74, 6) is 0.0926. The van der Waals surface area contributed by atoms with E-state index in [0.29, 0.717) is 17.1 Å². The third-order valence-electron chi connectivity index (χ3n) is 3.61. The van der Waals surface area contributed by atoms with Crippen molar-refractivity contribution in [3.8, 4) is 11.5 Å². The van der Waals surface area contributed by atoms with Gasteiger partial charge in [-0.15, -0.1) is 0 Å². The summed E-state index contributed by atoms with van der Waals surface area (Å²) in [7, 11) is 2.99. The summed E-state index contributed by atoms with van der Waals surface area (Å²) in [5.41, 5.74) is 1.85. The standard InChI is InChI=1S/C19H20O5/c1-12-5-7-14(8-6-12)18(20)13(2)24-19(21)15-9-10-16(22-3)17(11-15)23-4/h5-11,13H,1-4H3/t13-/m1/s1. The van der Waals surface area contributed by atoms with Crippen molar-refractivity contribution < 1.29 is 23.8 Å². The van der Waals surface area contributed by atoms with Gasteiger partial charge in [0.25, 0.3) is 0 Å². The minimum Gasteiger partial charge on any atom is -0.493 e. The van der Waals surface area contributed by atoms with Gasteiger partial charge in [-0.05, 0) is 32.0 Å². The predicted molar refractivity (Wildman–Crippen MR) is 89.9 cm³/mol. The maximum atomic E-state index is 12.3. The Labute approximate surface area is 141 Å². The molecule has 5 nitrogen and oxygen atoms in total. The molecule has 0 heterocycles. The lowest BCUT2D eigenvalue weighted by molar-refractivity contribution is 0.0318. The van der Waals surface area contributed by atoms with E-state index in [2.05, 4.69) is 0 Å². The topological polar surface area (TPSA) is 61.8 Å². The normalized spacial score (nSPS) is 11.5. The molecular formula is C19H20O5. The van der Waals surface area contributed by atoms with Crippen LogP contribution in [0.4, 0.5) is 0 Å². The zero-order chi connectivity index (χ0) is 17.7. The van der Waals surface area contributed by atoms with E-state index in [-0.39, 0.29) is 11.3 Å². The lowest BCUT2D eigenvalue weighted by Gasteiger charge is -2.14. The molecule has 0 saturated carbocycles. The van der Waals surface area contributed by atoms with Gasteiger partial charge >= 0.3 is 5.97 Å². The van der Waals surface area contributed by atoms with Gasteiger partial charge in [0.15, 0.2) is 17.6 Å². The van der Waals surface area contributed by atoms with Crippen LogP contribution in [-0.4, -0.2) is 32.1 Å². The lowest BCUT2D eigenvalue weighted by Crippen LogP contribution is -2.24. The molecule has 0 fully saturated rings. The Hall–Kier alpha value is -2.82. The van der Waals surface area contributed by atoms with E-state index in [4.69, 9.17) is 14.2 Å². The van der Waals surface area contributed by atoms with Gasteiger partial charge in [-0.2, -0.15) is 0 Å². The Kier molecular flexibility index (Phi) is 5.58. The quantitative estimate of drug-likeness (QED) is 0.600. The fourth-order valence-electron chi connectivity index (χ4n) is 2.20. The molecule has 0 aromatic heterocycles. The smallest absolute Gasteiger partial charge is 0.338 e. The van der Waals surface area contributed by atoms with Gasteiger partial charge < -0.3 is 14.2 Å². The molecular weight excluding hydrogens is 308 g/mol. The van der Waals surface area contributed by atoms with Crippen LogP contribution in [0.25, 0.3) is 0 Å². The first-order valence-corrected chi connectivity index (χ1v) is 7.50. The third kappa shape index (κ3) is 3.93. The van der Waals surface area contributed by atoms with Crippen LogP contribution in [0.5, 0.6) is 11.5 Å². The number of Topliss-reactive ketones (excluding diaryl/α,β-unsaturated/α-hetero) is 1. The Balaban J connectivity index is 2.11. The fourth-order valence-corrected chi connectivity index (χ4v) is 2.20. The van der Waals surface area contributed by atoms with Crippen LogP contribution in [0.15, 0.2) is 42.5 Å². The first-order chi connectivity index (χ1) is 11.5. The average molecular weight is 328 g/mol. The highest BCUT2D eigenvalue weighted by Crippen LogP contribution is 2.28. The number of ketones is 1. The maximum Gasteiger partial charge on any atom is 0.338 e. The highest BCUT2D eigenvalue weighted by molar-refractivity contribution is 6.01. The minimum atomic E-state index is -0.881. The van der Waals surface area contributed by atoms with Crippen molar-refractivity contribution >= 4 is 11.8 Å². The molecule has 5 heteroatoms. The first kappa shape index (κ1) is 17.5. The summed E-state index contributed by atoms with van der Waals surface area (Å²) in [4.78, 5) is 24.6. The summed E-state index contributed by atoms with van der Waals surface area (Å²) in [6.45, 7) is 3.50. The van der Waals surface area contributed by atoms with Crippen LogP contribution in [0.2, 0.25) is 0 Å². The van der Waals surface area contributed by atoms with Crippen LogP contribution < -0.4 is 9.47 Å². The van der Waals surface area contributed by atoms with Gasteiger partial charge in [0.05, 0.1) is 19.8 Å². The van der Waals surface area contributed by atoms with E-state index in [1.165, 1.54) is 20.3 Å². The molecule has 0 aliphatic heterocycles. The van der Waals surface area contributed by atoms with Crippen molar-refractivity contribution in [1.82, 2.24) is 0 Å². The molecule has 0 amide bonds. The van der Waals surface area contributed by atoms with Gasteiger partial charge in [-0.3, -0.25) is 4.79 Å². The molecule has 0 aliphatic carbocycles. The molecule has 0 radical (unpaired) electrons. The van der Waals surface area contributed by atoms with Crippen molar-refractivity contribution in [3.05, 3.63) is 59.2 Å². The minimum absolute atomic E-state index is 0.246. The second kappa shape index (κ2) is 7.64.